The van der Waals surface area contributed by atoms with Crippen molar-refractivity contribution in [3.8, 4) is 17.2 Å². The molecule has 0 aliphatic carbocycles. The van der Waals surface area contributed by atoms with Crippen LogP contribution >= 0.6 is 0 Å². The van der Waals surface area contributed by atoms with Crippen molar-refractivity contribution < 1.29 is 18.9 Å². The molecule has 2 aromatic heterocycles. The molecular formula is C31H37N5O4. The number of hydrogen-bond donors (Lipinski definition) is 0. The van der Waals surface area contributed by atoms with Gasteiger partial charge in [0.25, 0.3) is 0 Å². The fourth-order valence-electron chi connectivity index (χ4n) is 4.59. The van der Waals surface area contributed by atoms with Gasteiger partial charge < -0.3 is 23.8 Å². The molecular weight excluding hydrogens is 506 g/mol. The highest BCUT2D eigenvalue weighted by Gasteiger charge is 2.12. The van der Waals surface area contributed by atoms with Crippen molar-refractivity contribution in [3.05, 3.63) is 96.4 Å². The molecule has 9 heteroatoms. The van der Waals surface area contributed by atoms with Gasteiger partial charge in [-0.05, 0) is 53.6 Å². The van der Waals surface area contributed by atoms with Crippen LogP contribution in [0.3, 0.4) is 0 Å². The van der Waals surface area contributed by atoms with Gasteiger partial charge in [-0.3, -0.25) is 4.90 Å². The minimum absolute atomic E-state index is 0.486. The van der Waals surface area contributed by atoms with E-state index in [1.54, 1.807) is 19.5 Å². The largest absolute Gasteiger partial charge is 0.497 e. The fraction of sp³-hybridized carbons (Fsp3) is 0.355. The molecule has 210 valence electrons. The van der Waals surface area contributed by atoms with Crippen LogP contribution in [0.15, 0.2) is 85.3 Å². The van der Waals surface area contributed by atoms with Crippen LogP contribution in [0.1, 0.15) is 11.1 Å². The predicted octanol–water partition coefficient (Wildman–Crippen LogP) is 4.21. The molecule has 0 atom stereocenters. The monoisotopic (exact) mass is 543 g/mol. The van der Waals surface area contributed by atoms with E-state index in [0.717, 1.165) is 61.4 Å². The van der Waals surface area contributed by atoms with Crippen molar-refractivity contribution in [1.82, 2.24) is 19.7 Å². The summed E-state index contributed by atoms with van der Waals surface area (Å²) in [6.07, 6.45) is 5.50. The molecule has 1 fully saturated rings. The number of methoxy groups -OCH3 is 1. The number of hydrogen-bond acceptors (Lipinski definition) is 8. The van der Waals surface area contributed by atoms with Gasteiger partial charge in [0.05, 0.1) is 45.4 Å². The summed E-state index contributed by atoms with van der Waals surface area (Å²) in [5, 5.41) is 4.32. The Morgan fingerprint density at radius 1 is 0.875 bits per heavy atom. The van der Waals surface area contributed by atoms with Gasteiger partial charge in [-0.1, -0.05) is 24.3 Å². The summed E-state index contributed by atoms with van der Waals surface area (Å²) in [5.41, 5.74) is 3.34. The van der Waals surface area contributed by atoms with Gasteiger partial charge in [0.2, 0.25) is 0 Å². The second kappa shape index (κ2) is 14.5. The lowest BCUT2D eigenvalue weighted by Gasteiger charge is -2.26. The lowest BCUT2D eigenvalue weighted by molar-refractivity contribution is 0.0170. The van der Waals surface area contributed by atoms with Crippen molar-refractivity contribution in [1.29, 1.82) is 0 Å². The first-order valence-corrected chi connectivity index (χ1v) is 13.7. The summed E-state index contributed by atoms with van der Waals surface area (Å²) in [6.45, 7) is 7.60. The fourth-order valence-corrected chi connectivity index (χ4v) is 4.59. The van der Waals surface area contributed by atoms with Crippen LogP contribution in [0.2, 0.25) is 0 Å². The molecule has 9 nitrogen and oxygen atoms in total. The molecule has 1 saturated heterocycles. The smallest absolute Gasteiger partial charge is 0.137 e. The second-order valence-corrected chi connectivity index (χ2v) is 9.59. The number of anilines is 1. The molecule has 0 radical (unpaired) electrons. The number of ether oxygens (including phenoxy) is 4. The molecule has 3 heterocycles. The van der Waals surface area contributed by atoms with Crippen LogP contribution in [0.25, 0.3) is 5.69 Å². The van der Waals surface area contributed by atoms with Gasteiger partial charge in [-0.15, -0.1) is 0 Å². The van der Waals surface area contributed by atoms with Crippen LogP contribution in [0.4, 0.5) is 5.82 Å². The predicted molar refractivity (Wildman–Crippen MR) is 154 cm³/mol. The average molecular weight is 544 g/mol. The summed E-state index contributed by atoms with van der Waals surface area (Å²) < 4.78 is 24.3. The first kappa shape index (κ1) is 27.6. The highest BCUT2D eigenvalue weighted by atomic mass is 16.5. The third kappa shape index (κ3) is 8.05. The molecule has 0 saturated carbocycles. The van der Waals surface area contributed by atoms with Crippen molar-refractivity contribution >= 4 is 5.82 Å². The Morgan fingerprint density at radius 3 is 2.48 bits per heavy atom. The van der Waals surface area contributed by atoms with E-state index >= 15 is 0 Å². The van der Waals surface area contributed by atoms with E-state index < -0.39 is 0 Å². The minimum Gasteiger partial charge on any atom is -0.497 e. The summed E-state index contributed by atoms with van der Waals surface area (Å²) in [4.78, 5) is 9.35. The van der Waals surface area contributed by atoms with E-state index in [2.05, 4.69) is 51.3 Å². The molecule has 4 aromatic rings. The molecule has 40 heavy (non-hydrogen) atoms. The van der Waals surface area contributed by atoms with E-state index in [1.165, 1.54) is 5.56 Å². The Bertz CT molecular complexity index is 1280. The van der Waals surface area contributed by atoms with E-state index in [0.29, 0.717) is 32.9 Å². The maximum atomic E-state index is 5.88. The van der Waals surface area contributed by atoms with Gasteiger partial charge in [0, 0.05) is 45.1 Å². The van der Waals surface area contributed by atoms with Gasteiger partial charge in [-0.25, -0.2) is 9.67 Å². The Labute approximate surface area is 235 Å². The van der Waals surface area contributed by atoms with Gasteiger partial charge >= 0.3 is 0 Å². The summed E-state index contributed by atoms with van der Waals surface area (Å²) >= 11 is 0. The van der Waals surface area contributed by atoms with Gasteiger partial charge in [0.1, 0.15) is 23.9 Å². The minimum atomic E-state index is 0.486. The molecule has 1 aliphatic rings. The normalized spacial score (nSPS) is 13.7. The summed E-state index contributed by atoms with van der Waals surface area (Å²) in [5.74, 6) is 2.43. The molecule has 0 bridgehead atoms. The van der Waals surface area contributed by atoms with E-state index in [1.807, 2.05) is 41.2 Å². The number of aromatic nitrogens is 3. The lowest BCUT2D eigenvalue weighted by Crippen LogP contribution is -2.38. The lowest BCUT2D eigenvalue weighted by atomic mass is 10.1. The maximum absolute atomic E-state index is 5.88. The van der Waals surface area contributed by atoms with Gasteiger partial charge in [0.15, 0.2) is 0 Å². The highest BCUT2D eigenvalue weighted by molar-refractivity contribution is 5.44. The molecule has 0 unspecified atom stereocenters. The SMILES string of the molecule is COc1cccc(CN(Cc2ccc(-n3cccn3)cc2)c2ccc(OCCOCCN3CCOCC3)cn2)c1. The van der Waals surface area contributed by atoms with Crippen molar-refractivity contribution in [2.75, 3.05) is 64.7 Å². The van der Waals surface area contributed by atoms with Crippen molar-refractivity contribution in [3.63, 3.8) is 0 Å². The van der Waals surface area contributed by atoms with Crippen molar-refractivity contribution in [2.45, 2.75) is 13.1 Å². The van der Waals surface area contributed by atoms with E-state index in [-0.39, 0.29) is 0 Å². The molecule has 2 aromatic carbocycles. The number of pyridine rings is 1. The quantitative estimate of drug-likeness (QED) is 0.219. The number of morpholine rings is 1. The van der Waals surface area contributed by atoms with E-state index in [9.17, 15) is 0 Å². The molecule has 0 spiro atoms. The summed E-state index contributed by atoms with van der Waals surface area (Å²) in [6, 6.07) is 22.5. The average Bonchev–Trinajstić information content (AvgIpc) is 3.55. The third-order valence-electron chi connectivity index (χ3n) is 6.78. The number of benzene rings is 2. The summed E-state index contributed by atoms with van der Waals surface area (Å²) in [7, 11) is 1.69. The zero-order chi connectivity index (χ0) is 27.4. The highest BCUT2D eigenvalue weighted by Crippen LogP contribution is 2.23. The van der Waals surface area contributed by atoms with Crippen LogP contribution in [0.5, 0.6) is 11.5 Å². The molecule has 5 rings (SSSR count). The number of nitrogens with zero attached hydrogens (tertiary/aromatic N) is 5. The first-order chi connectivity index (χ1) is 19.8. The standard InChI is InChI=1S/C31H37N5O4/c1-37-29-5-2-4-27(22-29)25-35(24-26-6-8-28(9-7-26)36-13-3-12-33-36)31-11-10-30(23-32-31)40-21-20-39-19-16-34-14-17-38-18-15-34/h2-13,22-23H,14-21,24-25H2,1H3. The molecule has 1 aliphatic heterocycles. The Morgan fingerprint density at radius 2 is 1.73 bits per heavy atom. The second-order valence-electron chi connectivity index (χ2n) is 9.59. The van der Waals surface area contributed by atoms with E-state index in [4.69, 9.17) is 23.9 Å². The molecule has 0 amide bonds. The van der Waals surface area contributed by atoms with Crippen LogP contribution in [0, 0.1) is 0 Å². The zero-order valence-corrected chi connectivity index (χ0v) is 23.0. The zero-order valence-electron chi connectivity index (χ0n) is 23.0. The van der Waals surface area contributed by atoms with Crippen LogP contribution in [-0.2, 0) is 22.6 Å². The Hall–Kier alpha value is -3.92. The molecule has 0 N–H and O–H groups in total. The van der Waals surface area contributed by atoms with Crippen molar-refractivity contribution in [2.24, 2.45) is 0 Å². The van der Waals surface area contributed by atoms with Crippen LogP contribution in [-0.4, -0.2) is 79.4 Å². The third-order valence-corrected chi connectivity index (χ3v) is 6.78. The topological polar surface area (TPSA) is 74.1 Å². The maximum Gasteiger partial charge on any atom is 0.137 e. The Kier molecular flexibility index (Phi) is 9.99. The van der Waals surface area contributed by atoms with Crippen LogP contribution < -0.4 is 14.4 Å². The van der Waals surface area contributed by atoms with Gasteiger partial charge in [-0.2, -0.15) is 5.10 Å². The number of rotatable bonds is 14. The Balaban J connectivity index is 1.18. The first-order valence-electron chi connectivity index (χ1n) is 13.7.